The van der Waals surface area contributed by atoms with E-state index in [4.69, 9.17) is 9.47 Å². The third-order valence-corrected chi connectivity index (χ3v) is 10.8. The molecular weight excluding hydrogens is 769 g/mol. The van der Waals surface area contributed by atoms with Gasteiger partial charge in [-0.2, -0.15) is 8.42 Å². The number of aromatic hydroxyl groups is 1. The van der Waals surface area contributed by atoms with Crippen LogP contribution in [0.1, 0.15) is 115 Å². The first kappa shape index (κ1) is 48.3. The summed E-state index contributed by atoms with van der Waals surface area (Å²) in [5.41, 5.74) is 0.793. The zero-order valence-electron chi connectivity index (χ0n) is 32.1. The number of hydrogen-bond acceptors (Lipinski definition) is 9. The van der Waals surface area contributed by atoms with Gasteiger partial charge in [0.1, 0.15) is 32.3 Å². The van der Waals surface area contributed by atoms with Crippen LogP contribution in [0.4, 0.5) is 0 Å². The van der Waals surface area contributed by atoms with Crippen molar-refractivity contribution >= 4 is 58.0 Å². The Bertz CT molecular complexity index is 1810. The molecule has 55 heavy (non-hydrogen) atoms. The number of unbranched alkanes of at least 4 members (excludes halogenated alkanes) is 12. The Hall–Kier alpha value is -2.84. The second kappa shape index (κ2) is 25.4. The topological polar surface area (TPSA) is 173 Å². The van der Waals surface area contributed by atoms with Gasteiger partial charge in [-0.05, 0) is 68.1 Å². The fourth-order valence-corrected chi connectivity index (χ4v) is 7.60. The van der Waals surface area contributed by atoms with Crippen molar-refractivity contribution in [1.29, 1.82) is 0 Å². The Morgan fingerprint density at radius 1 is 0.527 bits per heavy atom. The van der Waals surface area contributed by atoms with Crippen LogP contribution < -0.4 is 14.6 Å². The van der Waals surface area contributed by atoms with Gasteiger partial charge in [-0.25, -0.2) is 8.42 Å². The molecule has 4 rings (SSSR count). The van der Waals surface area contributed by atoms with E-state index < -0.39 is 20.2 Å². The van der Waals surface area contributed by atoms with E-state index >= 15 is 0 Å². The Morgan fingerprint density at radius 2 is 0.927 bits per heavy atom. The van der Waals surface area contributed by atoms with Crippen LogP contribution in [0.25, 0.3) is 0 Å². The summed E-state index contributed by atoms with van der Waals surface area (Å²) >= 11 is 0. The molecule has 0 bridgehead atoms. The van der Waals surface area contributed by atoms with Crippen molar-refractivity contribution in [3.63, 3.8) is 0 Å². The van der Waals surface area contributed by atoms with Crippen LogP contribution in [0.5, 0.6) is 34.5 Å². The minimum atomic E-state index is -4.62. The fraction of sp³-hybridized carbons (Fsp3) is 0.429. The summed E-state index contributed by atoms with van der Waals surface area (Å²) in [4.78, 5) is -0.407. The quantitative estimate of drug-likeness (QED) is 0.0441. The third kappa shape index (κ3) is 17.0. The number of para-hydroxylation sites is 4. The Balaban J connectivity index is 0.000000373. The zero-order valence-corrected chi connectivity index (χ0v) is 35.9. The second-order valence-corrected chi connectivity index (χ2v) is 16.0. The van der Waals surface area contributed by atoms with Crippen LogP contribution in [0.15, 0.2) is 94.7 Å². The molecule has 296 valence electrons. The summed E-state index contributed by atoms with van der Waals surface area (Å²) < 4.78 is 79.6. The van der Waals surface area contributed by atoms with Crippen molar-refractivity contribution in [3.05, 3.63) is 96.1 Å². The van der Waals surface area contributed by atoms with Crippen LogP contribution in [-0.2, 0) is 33.1 Å². The van der Waals surface area contributed by atoms with Gasteiger partial charge >= 0.3 is 37.7 Å². The van der Waals surface area contributed by atoms with Crippen molar-refractivity contribution in [3.8, 4) is 34.5 Å². The molecule has 4 aromatic rings. The van der Waals surface area contributed by atoms with Gasteiger partial charge in [0.15, 0.2) is 11.5 Å². The van der Waals surface area contributed by atoms with Crippen LogP contribution in [0, 0.1) is 0 Å². The molecule has 0 saturated carbocycles. The van der Waals surface area contributed by atoms with Crippen molar-refractivity contribution < 1.29 is 45.6 Å². The maximum absolute atomic E-state index is 11.9. The SMILES string of the molecule is CCCCCCCCCc1c(Oc2ccccc2O)cccc1S(=O)(=O)O.CCCCCCCCCc1c(Oc2ccccc2[O-])cccc1S(=O)(=O)[O-].[Ca+2]. The van der Waals surface area contributed by atoms with E-state index in [0.717, 1.165) is 44.9 Å². The minimum Gasteiger partial charge on any atom is -0.870 e. The van der Waals surface area contributed by atoms with E-state index in [1.165, 1.54) is 87.4 Å². The van der Waals surface area contributed by atoms with Gasteiger partial charge in [0.05, 0.1) is 4.90 Å². The van der Waals surface area contributed by atoms with E-state index in [1.807, 2.05) is 0 Å². The molecule has 0 unspecified atom stereocenters. The van der Waals surface area contributed by atoms with E-state index in [2.05, 4.69) is 13.8 Å². The monoisotopic (exact) mass is 822 g/mol. The molecular formula is C42H54CaO10S2. The number of benzene rings is 4. The first-order chi connectivity index (χ1) is 25.9. The summed E-state index contributed by atoms with van der Waals surface area (Å²) in [5.74, 6) is 0.606. The third-order valence-electron chi connectivity index (χ3n) is 8.94. The molecule has 13 heteroatoms. The minimum absolute atomic E-state index is 0. The molecule has 0 radical (unpaired) electrons. The molecule has 0 spiro atoms. The number of phenols is 1. The molecule has 0 amide bonds. The fourth-order valence-electron chi connectivity index (χ4n) is 6.08. The van der Waals surface area contributed by atoms with Gasteiger partial charge in [-0.1, -0.05) is 139 Å². The Labute approximate surface area is 357 Å². The molecule has 0 atom stereocenters. The molecule has 0 fully saturated rings. The van der Waals surface area contributed by atoms with Crippen molar-refractivity contribution in [1.82, 2.24) is 0 Å². The molecule has 0 aromatic heterocycles. The van der Waals surface area contributed by atoms with E-state index in [0.29, 0.717) is 29.7 Å². The predicted octanol–water partition coefficient (Wildman–Crippen LogP) is 10.1. The first-order valence-corrected chi connectivity index (χ1v) is 21.8. The van der Waals surface area contributed by atoms with Crippen LogP contribution >= 0.6 is 0 Å². The number of rotatable bonds is 22. The van der Waals surface area contributed by atoms with Gasteiger partial charge in [0.25, 0.3) is 10.1 Å². The average molecular weight is 823 g/mol. The Morgan fingerprint density at radius 3 is 1.40 bits per heavy atom. The van der Waals surface area contributed by atoms with Crippen molar-refractivity contribution in [2.24, 2.45) is 0 Å². The average Bonchev–Trinajstić information content (AvgIpc) is 3.13. The second-order valence-electron chi connectivity index (χ2n) is 13.3. The predicted molar refractivity (Wildman–Crippen MR) is 214 cm³/mol. The summed E-state index contributed by atoms with van der Waals surface area (Å²) in [6, 6.07) is 21.6. The van der Waals surface area contributed by atoms with Crippen molar-refractivity contribution in [2.45, 2.75) is 126 Å². The summed E-state index contributed by atoms with van der Waals surface area (Å²) in [6.45, 7) is 4.35. The summed E-state index contributed by atoms with van der Waals surface area (Å²) in [5, 5.41) is 21.8. The summed E-state index contributed by atoms with van der Waals surface area (Å²) in [7, 11) is -8.98. The molecule has 0 heterocycles. The van der Waals surface area contributed by atoms with E-state index in [9.17, 15) is 36.2 Å². The largest absolute Gasteiger partial charge is 2.00 e. The van der Waals surface area contributed by atoms with Gasteiger partial charge in [-0.3, -0.25) is 4.55 Å². The van der Waals surface area contributed by atoms with E-state index in [1.54, 1.807) is 42.5 Å². The summed E-state index contributed by atoms with van der Waals surface area (Å²) in [6.07, 6.45) is 16.2. The standard InChI is InChI=1S/2C21H28O5S.Ca/c2*1-2-3-4-5-6-7-8-12-17-19(15-11-16-21(17)27(23,24)25)26-20-14-10-9-13-18(20)22;/h2*9-11,13-16,22H,2-8,12H2,1H3,(H,23,24,25);/q;;+2/p-2. The molecule has 2 N–H and O–H groups in total. The maximum Gasteiger partial charge on any atom is 2.00 e. The van der Waals surface area contributed by atoms with Gasteiger partial charge in [-0.15, -0.1) is 0 Å². The normalized spacial score (nSPS) is 11.3. The van der Waals surface area contributed by atoms with E-state index in [-0.39, 0.29) is 76.3 Å². The van der Waals surface area contributed by atoms with Gasteiger partial charge in [0, 0.05) is 11.1 Å². The van der Waals surface area contributed by atoms with Crippen LogP contribution in [0.2, 0.25) is 0 Å². The number of phenolic OH excluding ortho intramolecular Hbond substituents is 1. The molecule has 0 aliphatic rings. The van der Waals surface area contributed by atoms with Crippen LogP contribution in [-0.4, -0.2) is 68.8 Å². The maximum atomic E-state index is 11.9. The van der Waals surface area contributed by atoms with Gasteiger partial charge in [0.2, 0.25) is 0 Å². The number of hydrogen-bond donors (Lipinski definition) is 2. The molecule has 4 aromatic carbocycles. The Kier molecular flexibility index (Phi) is 22.3. The molecule has 0 saturated heterocycles. The molecule has 0 aliphatic carbocycles. The smallest absolute Gasteiger partial charge is 0.870 e. The zero-order chi connectivity index (χ0) is 39.4. The molecule has 10 nitrogen and oxygen atoms in total. The number of ether oxygens (including phenoxy) is 2. The first-order valence-electron chi connectivity index (χ1n) is 18.9. The van der Waals surface area contributed by atoms with Crippen molar-refractivity contribution in [2.75, 3.05) is 0 Å². The van der Waals surface area contributed by atoms with Crippen LogP contribution in [0.3, 0.4) is 0 Å². The van der Waals surface area contributed by atoms with Gasteiger partial charge < -0.3 is 24.2 Å². The molecule has 0 aliphatic heterocycles.